The van der Waals surface area contributed by atoms with E-state index in [1.165, 1.54) is 4.90 Å². The number of nitrogens with one attached hydrogen (secondary N) is 3. The van der Waals surface area contributed by atoms with Crippen LogP contribution in [0.4, 0.5) is 4.79 Å². The lowest BCUT2D eigenvalue weighted by atomic mass is 9.91. The number of carbonyl (C=O) groups excluding carboxylic acids is 4. The third kappa shape index (κ3) is 11.9. The molecule has 0 saturated carbocycles. The van der Waals surface area contributed by atoms with Gasteiger partial charge in [0, 0.05) is 32.5 Å². The number of hydrogen-bond donors (Lipinski definition) is 4. The number of aliphatic hydroxyl groups excluding tert-OH is 1. The number of aliphatic hydroxyl groups is 1. The average Bonchev–Trinajstić information content (AvgIpc) is 2.89. The van der Waals surface area contributed by atoms with Crippen molar-refractivity contribution in [2.45, 2.75) is 96.6 Å². The summed E-state index contributed by atoms with van der Waals surface area (Å²) >= 11 is 0. The third-order valence-corrected chi connectivity index (χ3v) is 6.87. The molecule has 1 heterocycles. The van der Waals surface area contributed by atoms with Gasteiger partial charge in [0.1, 0.15) is 12.1 Å². The molecule has 1 aliphatic heterocycles. The van der Waals surface area contributed by atoms with E-state index in [2.05, 4.69) is 16.0 Å². The van der Waals surface area contributed by atoms with Crippen LogP contribution in [0.1, 0.15) is 65.4 Å². The largest absolute Gasteiger partial charge is 0.446 e. The van der Waals surface area contributed by atoms with Crippen LogP contribution in [0.3, 0.4) is 0 Å². The Bertz CT molecular complexity index is 1030. The molecule has 1 aromatic carbocycles. The monoisotopic (exact) mass is 572 g/mol. The molecule has 0 saturated heterocycles. The summed E-state index contributed by atoms with van der Waals surface area (Å²) in [5, 5.41) is 19.2. The quantitative estimate of drug-likeness (QED) is 0.354. The first kappa shape index (κ1) is 33.8. The van der Waals surface area contributed by atoms with E-state index in [-0.39, 0.29) is 24.3 Å². The molecule has 0 bridgehead atoms. The molecular weight excluding hydrogens is 524 g/mol. The summed E-state index contributed by atoms with van der Waals surface area (Å²) in [6, 6.07) is 7.47. The molecule has 2 rings (SSSR count). The van der Waals surface area contributed by atoms with Gasteiger partial charge in [-0.3, -0.25) is 14.4 Å². The Hall–Kier alpha value is -3.40. The second-order valence-corrected chi connectivity index (χ2v) is 11.7. The Labute approximate surface area is 244 Å². The van der Waals surface area contributed by atoms with Crippen LogP contribution in [0, 0.1) is 11.8 Å². The molecule has 5 atom stereocenters. The lowest BCUT2D eigenvalue weighted by molar-refractivity contribution is -0.137. The second kappa shape index (κ2) is 16.8. The van der Waals surface area contributed by atoms with E-state index in [0.717, 1.165) is 5.56 Å². The first-order chi connectivity index (χ1) is 19.4. The van der Waals surface area contributed by atoms with Gasteiger partial charge in [-0.2, -0.15) is 0 Å². The van der Waals surface area contributed by atoms with E-state index < -0.39 is 48.1 Å². The van der Waals surface area contributed by atoms with Gasteiger partial charge in [-0.25, -0.2) is 4.79 Å². The van der Waals surface area contributed by atoms with E-state index in [1.807, 2.05) is 56.3 Å². The number of carbonyl (C=O) groups is 4. The smallest absolute Gasteiger partial charge is 0.408 e. The molecule has 1 aliphatic rings. The number of amides is 4. The van der Waals surface area contributed by atoms with E-state index in [1.54, 1.807) is 27.9 Å². The summed E-state index contributed by atoms with van der Waals surface area (Å²) in [5.74, 6) is -1.92. The number of rotatable bonds is 8. The fourth-order valence-electron chi connectivity index (χ4n) is 4.84. The first-order valence-corrected chi connectivity index (χ1v) is 14.5. The van der Waals surface area contributed by atoms with Crippen LogP contribution in [-0.2, 0) is 25.5 Å². The van der Waals surface area contributed by atoms with Crippen molar-refractivity contribution in [1.82, 2.24) is 20.9 Å². The highest BCUT2D eigenvalue weighted by Gasteiger charge is 2.35. The summed E-state index contributed by atoms with van der Waals surface area (Å²) in [4.78, 5) is 53.9. The number of nitrogens with zero attached hydrogens (tertiary/aromatic N) is 1. The SMILES string of the molecule is CC(C)C[C@@H]1NC(=O)OC(Cc2ccccc2)CC/C=C/CC(C(=O)N(C)C)C[C@@H](C(O)C(=O)NC(C)C)NC1=O. The molecule has 10 nitrogen and oxygen atoms in total. The second-order valence-electron chi connectivity index (χ2n) is 11.7. The zero-order valence-corrected chi connectivity index (χ0v) is 25.3. The van der Waals surface area contributed by atoms with E-state index in [9.17, 15) is 24.3 Å². The summed E-state index contributed by atoms with van der Waals surface area (Å²) in [5.41, 5.74) is 1.02. The molecule has 0 aliphatic carbocycles. The summed E-state index contributed by atoms with van der Waals surface area (Å²) in [6.45, 7) is 7.38. The maximum absolute atomic E-state index is 13.5. The summed E-state index contributed by atoms with van der Waals surface area (Å²) < 4.78 is 5.80. The van der Waals surface area contributed by atoms with Crippen LogP contribution < -0.4 is 16.0 Å². The Kier molecular flexibility index (Phi) is 13.8. The highest BCUT2D eigenvalue weighted by Crippen LogP contribution is 2.20. The van der Waals surface area contributed by atoms with E-state index in [0.29, 0.717) is 32.1 Å². The lowest BCUT2D eigenvalue weighted by Gasteiger charge is -2.30. The topological polar surface area (TPSA) is 137 Å². The molecule has 1 aromatic rings. The Morgan fingerprint density at radius 3 is 2.37 bits per heavy atom. The zero-order valence-electron chi connectivity index (χ0n) is 25.3. The van der Waals surface area contributed by atoms with Gasteiger partial charge in [-0.05, 0) is 57.4 Å². The van der Waals surface area contributed by atoms with Crippen LogP contribution in [0.25, 0.3) is 0 Å². The molecule has 41 heavy (non-hydrogen) atoms. The Morgan fingerprint density at radius 1 is 1.07 bits per heavy atom. The van der Waals surface area contributed by atoms with Gasteiger partial charge in [-0.15, -0.1) is 0 Å². The number of cyclic esters (lactones) is 1. The Balaban J connectivity index is 2.41. The average molecular weight is 573 g/mol. The number of ether oxygens (including phenoxy) is 1. The van der Waals surface area contributed by atoms with Gasteiger partial charge in [0.2, 0.25) is 11.8 Å². The third-order valence-electron chi connectivity index (χ3n) is 6.87. The predicted octanol–water partition coefficient (Wildman–Crippen LogP) is 2.94. The molecule has 3 unspecified atom stereocenters. The van der Waals surface area contributed by atoms with Crippen LogP contribution in [0.5, 0.6) is 0 Å². The van der Waals surface area contributed by atoms with Gasteiger partial charge >= 0.3 is 6.09 Å². The highest BCUT2D eigenvalue weighted by molar-refractivity contribution is 5.88. The number of allylic oxidation sites excluding steroid dienone is 2. The standard InChI is InChI=1S/C31H48N4O6/c1-20(2)17-26-28(37)33-25(27(36)29(38)32-21(3)4)19-23(30(39)35(5)6)15-11-8-12-16-24(41-31(40)34-26)18-22-13-9-7-10-14-22/h7-11,13-14,20-21,23-27,36H,12,15-19H2,1-6H3,(H,32,38)(H,33,37)(H,34,40)/b11-8+/t23?,24?,25-,26-,27?/m0/s1. The summed E-state index contributed by atoms with van der Waals surface area (Å²) in [7, 11) is 3.30. The predicted molar refractivity (Wildman–Crippen MR) is 158 cm³/mol. The first-order valence-electron chi connectivity index (χ1n) is 14.5. The highest BCUT2D eigenvalue weighted by atomic mass is 16.6. The lowest BCUT2D eigenvalue weighted by Crippen LogP contribution is -2.57. The van der Waals surface area contributed by atoms with Crippen molar-refractivity contribution in [3.8, 4) is 0 Å². The van der Waals surface area contributed by atoms with Gasteiger partial charge < -0.3 is 30.7 Å². The molecule has 0 radical (unpaired) electrons. The van der Waals surface area contributed by atoms with Gasteiger partial charge in [0.25, 0.3) is 5.91 Å². The zero-order chi connectivity index (χ0) is 30.5. The minimum absolute atomic E-state index is 0.0370. The maximum atomic E-state index is 13.5. The molecule has 0 aromatic heterocycles. The maximum Gasteiger partial charge on any atom is 0.408 e. The molecule has 4 N–H and O–H groups in total. The summed E-state index contributed by atoms with van der Waals surface area (Å²) in [6.07, 6.45) is 3.51. The molecular formula is C31H48N4O6. The van der Waals surface area contributed by atoms with Crippen molar-refractivity contribution >= 4 is 23.8 Å². The molecule has 0 fully saturated rings. The van der Waals surface area contributed by atoms with Crippen LogP contribution in [0.2, 0.25) is 0 Å². The van der Waals surface area contributed by atoms with Crippen molar-refractivity contribution in [2.24, 2.45) is 11.8 Å². The van der Waals surface area contributed by atoms with Crippen molar-refractivity contribution in [1.29, 1.82) is 0 Å². The van der Waals surface area contributed by atoms with Gasteiger partial charge in [-0.1, -0.05) is 56.3 Å². The molecule has 0 spiro atoms. The minimum atomic E-state index is -1.60. The fourth-order valence-corrected chi connectivity index (χ4v) is 4.84. The number of alkyl carbamates (subject to hydrolysis) is 1. The van der Waals surface area contributed by atoms with Crippen LogP contribution in [-0.4, -0.2) is 78.3 Å². The number of benzene rings is 1. The number of hydrogen-bond acceptors (Lipinski definition) is 6. The molecule has 4 amide bonds. The van der Waals surface area contributed by atoms with Crippen LogP contribution >= 0.6 is 0 Å². The molecule has 10 heteroatoms. The Morgan fingerprint density at radius 2 is 1.76 bits per heavy atom. The van der Waals surface area contributed by atoms with Crippen molar-refractivity contribution < 1.29 is 29.0 Å². The molecule has 228 valence electrons. The van der Waals surface area contributed by atoms with Crippen molar-refractivity contribution in [2.75, 3.05) is 14.1 Å². The minimum Gasteiger partial charge on any atom is -0.446 e. The van der Waals surface area contributed by atoms with Gasteiger partial charge in [0.15, 0.2) is 6.10 Å². The normalized spacial score (nSPS) is 24.2. The van der Waals surface area contributed by atoms with Crippen LogP contribution in [0.15, 0.2) is 42.5 Å². The fraction of sp³-hybridized carbons (Fsp3) is 0.613. The van der Waals surface area contributed by atoms with E-state index in [4.69, 9.17) is 4.74 Å². The van der Waals surface area contributed by atoms with Gasteiger partial charge in [0.05, 0.1) is 6.04 Å². The van der Waals surface area contributed by atoms with Crippen molar-refractivity contribution in [3.63, 3.8) is 0 Å². The van der Waals surface area contributed by atoms with E-state index >= 15 is 0 Å². The van der Waals surface area contributed by atoms with Crippen molar-refractivity contribution in [3.05, 3.63) is 48.0 Å².